The molecular weight excluding hydrogens is 551 g/mol. The molecule has 1 amide bonds. The molecule has 5 heterocycles. The molecule has 216 valence electrons. The van der Waals surface area contributed by atoms with E-state index in [0.29, 0.717) is 56.0 Å². The minimum Gasteiger partial charge on any atom is -0.481 e. The average molecular weight is 582 g/mol. The first kappa shape index (κ1) is 28.1. The van der Waals surface area contributed by atoms with E-state index in [9.17, 15) is 26.4 Å². The number of pyridine rings is 1. The van der Waals surface area contributed by atoms with Gasteiger partial charge in [0.1, 0.15) is 21.7 Å². The molecule has 0 saturated carbocycles. The van der Waals surface area contributed by atoms with Crippen LogP contribution in [0, 0.1) is 11.8 Å². The van der Waals surface area contributed by atoms with Crippen molar-refractivity contribution < 1.29 is 35.9 Å². The number of aromatic nitrogens is 3. The monoisotopic (exact) mass is 581 g/mol. The van der Waals surface area contributed by atoms with Gasteiger partial charge in [0.05, 0.1) is 54.6 Å². The van der Waals surface area contributed by atoms with Gasteiger partial charge >= 0.3 is 6.18 Å². The molecule has 1 atom stereocenters. The van der Waals surface area contributed by atoms with Gasteiger partial charge in [0.15, 0.2) is 0 Å². The van der Waals surface area contributed by atoms with Gasteiger partial charge in [-0.05, 0) is 37.3 Å². The van der Waals surface area contributed by atoms with E-state index < -0.39 is 27.5 Å². The van der Waals surface area contributed by atoms with Gasteiger partial charge in [0.2, 0.25) is 17.7 Å². The molecule has 3 aliphatic heterocycles. The Morgan fingerprint density at radius 1 is 1.10 bits per heavy atom. The lowest BCUT2D eigenvalue weighted by atomic mass is 10.0. The van der Waals surface area contributed by atoms with Gasteiger partial charge < -0.3 is 19.3 Å². The molecule has 2 aromatic rings. The van der Waals surface area contributed by atoms with Crippen molar-refractivity contribution in [2.75, 3.05) is 43.1 Å². The first-order valence-corrected chi connectivity index (χ1v) is 14.9. The summed E-state index contributed by atoms with van der Waals surface area (Å²) in [6, 6.07) is 1.03. The van der Waals surface area contributed by atoms with E-state index in [4.69, 9.17) is 9.47 Å². The Balaban J connectivity index is 1.22. The average Bonchev–Trinajstić information content (AvgIpc) is 3.40. The van der Waals surface area contributed by atoms with Crippen LogP contribution in [0.5, 0.6) is 11.8 Å². The van der Waals surface area contributed by atoms with Crippen LogP contribution in [0.4, 0.5) is 18.9 Å². The summed E-state index contributed by atoms with van der Waals surface area (Å²) in [6.45, 7) is 1.82. The fourth-order valence-corrected chi connectivity index (χ4v) is 6.86. The van der Waals surface area contributed by atoms with Crippen LogP contribution < -0.4 is 14.4 Å². The number of rotatable bonds is 6. The zero-order chi connectivity index (χ0) is 28.5. The van der Waals surface area contributed by atoms with Crippen molar-refractivity contribution in [1.82, 2.24) is 19.9 Å². The molecule has 10 nitrogen and oxygen atoms in total. The summed E-state index contributed by atoms with van der Waals surface area (Å²) in [5.41, 5.74) is 0.799. The summed E-state index contributed by atoms with van der Waals surface area (Å²) in [7, 11) is -1.88. The molecule has 2 fully saturated rings. The van der Waals surface area contributed by atoms with Gasteiger partial charge in [-0.15, -0.1) is 0 Å². The lowest BCUT2D eigenvalue weighted by Gasteiger charge is -2.30. The number of hydrogen-bond acceptors (Lipinski definition) is 9. The van der Waals surface area contributed by atoms with Crippen LogP contribution in [-0.2, 0) is 33.8 Å². The third kappa shape index (κ3) is 6.16. The molecule has 0 aromatic carbocycles. The quantitative estimate of drug-likeness (QED) is 0.475. The molecule has 0 N–H and O–H groups in total. The van der Waals surface area contributed by atoms with Crippen molar-refractivity contribution in [3.8, 4) is 11.8 Å². The fourth-order valence-electron chi connectivity index (χ4n) is 5.37. The number of hydrogen-bond donors (Lipinski definition) is 0. The van der Waals surface area contributed by atoms with Crippen molar-refractivity contribution in [1.29, 1.82) is 0 Å². The van der Waals surface area contributed by atoms with E-state index in [2.05, 4.69) is 15.0 Å². The van der Waals surface area contributed by atoms with E-state index in [1.54, 1.807) is 9.80 Å². The Kier molecular flexibility index (Phi) is 7.89. The number of carbonyl (C=O) groups is 1. The predicted octanol–water partition coefficient (Wildman–Crippen LogP) is 3.03. The summed E-state index contributed by atoms with van der Waals surface area (Å²) in [4.78, 5) is 28.8. The fraction of sp³-hybridized carbons (Fsp3) is 0.538. The second-order valence-corrected chi connectivity index (χ2v) is 12.5. The third-order valence-electron chi connectivity index (χ3n) is 7.63. The largest absolute Gasteiger partial charge is 0.481 e. The van der Waals surface area contributed by atoms with E-state index in [1.165, 1.54) is 18.8 Å². The third-order valence-corrected chi connectivity index (χ3v) is 9.35. The normalized spacial score (nSPS) is 21.4. The predicted molar refractivity (Wildman–Crippen MR) is 138 cm³/mol. The number of sulfone groups is 1. The molecular formula is C26H30F3N5O5S. The van der Waals surface area contributed by atoms with Crippen molar-refractivity contribution in [2.24, 2.45) is 11.8 Å². The number of anilines is 1. The lowest BCUT2D eigenvalue weighted by molar-refractivity contribution is -0.139. The van der Waals surface area contributed by atoms with Gasteiger partial charge in [-0.2, -0.15) is 13.2 Å². The first-order chi connectivity index (χ1) is 19.0. The number of likely N-dealkylation sites (tertiary alicyclic amines) is 1. The van der Waals surface area contributed by atoms with Crippen LogP contribution >= 0.6 is 0 Å². The molecule has 2 saturated heterocycles. The highest BCUT2D eigenvalue weighted by Crippen LogP contribution is 2.38. The van der Waals surface area contributed by atoms with E-state index in [0.717, 1.165) is 25.3 Å². The van der Waals surface area contributed by atoms with Crippen LogP contribution in [0.1, 0.15) is 36.1 Å². The van der Waals surface area contributed by atoms with Gasteiger partial charge in [-0.3, -0.25) is 4.79 Å². The number of ether oxygens (including phenoxy) is 2. The van der Waals surface area contributed by atoms with Gasteiger partial charge in [-0.25, -0.2) is 23.4 Å². The highest BCUT2D eigenvalue weighted by Gasteiger charge is 2.37. The summed E-state index contributed by atoms with van der Waals surface area (Å²) < 4.78 is 74.5. The number of nitrogens with zero attached hydrogens (tertiary/aromatic N) is 5. The summed E-state index contributed by atoms with van der Waals surface area (Å²) in [5.74, 6) is -0.190. The Morgan fingerprint density at radius 3 is 2.60 bits per heavy atom. The van der Waals surface area contributed by atoms with E-state index >= 15 is 0 Å². The number of amides is 1. The maximum Gasteiger partial charge on any atom is 0.421 e. The Hall–Kier alpha value is -3.42. The van der Waals surface area contributed by atoms with Crippen molar-refractivity contribution in [2.45, 2.75) is 38.4 Å². The number of alkyl halides is 3. The van der Waals surface area contributed by atoms with Crippen LogP contribution in [-0.4, -0.2) is 72.4 Å². The SMILES string of the molecule is COc1ncc(N2CCc3ncnc(OC=CC4CCN(C(=O)C5CCS(=O)(=O)CC5)C4)c3C2)cc1C(F)(F)F. The molecule has 0 radical (unpaired) electrons. The zero-order valence-electron chi connectivity index (χ0n) is 21.9. The van der Waals surface area contributed by atoms with Crippen LogP contribution in [0.3, 0.4) is 0 Å². The Labute approximate surface area is 230 Å². The molecule has 0 spiro atoms. The lowest BCUT2D eigenvalue weighted by Crippen LogP contribution is -2.38. The van der Waals surface area contributed by atoms with E-state index in [-0.39, 0.29) is 35.8 Å². The highest BCUT2D eigenvalue weighted by molar-refractivity contribution is 7.91. The summed E-state index contributed by atoms with van der Waals surface area (Å²) in [6.07, 6.45) is 3.55. The minimum absolute atomic E-state index is 0.0124. The molecule has 5 rings (SSSR count). The topological polar surface area (TPSA) is 115 Å². The second kappa shape index (κ2) is 11.2. The maximum atomic E-state index is 13.5. The maximum absolute atomic E-state index is 13.5. The van der Waals surface area contributed by atoms with Crippen LogP contribution in [0.15, 0.2) is 30.9 Å². The van der Waals surface area contributed by atoms with Crippen LogP contribution in [0.25, 0.3) is 0 Å². The number of carbonyl (C=O) groups excluding carboxylic acids is 1. The van der Waals surface area contributed by atoms with E-state index in [1.807, 2.05) is 6.08 Å². The molecule has 1 unspecified atom stereocenters. The van der Waals surface area contributed by atoms with Crippen LogP contribution in [0.2, 0.25) is 0 Å². The van der Waals surface area contributed by atoms with Crippen molar-refractivity contribution >= 4 is 21.4 Å². The molecule has 0 bridgehead atoms. The van der Waals surface area contributed by atoms with Crippen molar-refractivity contribution in [3.63, 3.8) is 0 Å². The molecule has 3 aliphatic rings. The molecule has 0 aliphatic carbocycles. The Bertz CT molecular complexity index is 1390. The number of halogens is 3. The number of methoxy groups -OCH3 is 1. The zero-order valence-corrected chi connectivity index (χ0v) is 22.7. The smallest absolute Gasteiger partial charge is 0.421 e. The first-order valence-electron chi connectivity index (χ1n) is 13.1. The molecule has 2 aromatic heterocycles. The summed E-state index contributed by atoms with van der Waals surface area (Å²) in [5, 5.41) is 0. The standard InChI is InChI=1S/C26H30F3N5O5S/c1-38-24-21(26(27,28)29)12-19(13-30-24)33-8-3-22-20(15-33)23(32-16-31-22)39-9-4-17-2-7-34(14-17)25(35)18-5-10-40(36,37)11-6-18/h4,9,12-13,16-18H,2-3,5-8,10-11,14-15H2,1H3. The van der Waals surface area contributed by atoms with Gasteiger partial charge in [-0.1, -0.05) is 0 Å². The van der Waals surface area contributed by atoms with Crippen molar-refractivity contribution in [3.05, 3.63) is 47.7 Å². The van der Waals surface area contributed by atoms with Gasteiger partial charge in [0, 0.05) is 32.0 Å². The second-order valence-electron chi connectivity index (χ2n) is 10.2. The Morgan fingerprint density at radius 2 is 1.88 bits per heavy atom. The number of fused-ring (bicyclic) bond motifs is 1. The molecule has 14 heteroatoms. The van der Waals surface area contributed by atoms with Gasteiger partial charge in [0.25, 0.3) is 0 Å². The summed E-state index contributed by atoms with van der Waals surface area (Å²) >= 11 is 0. The molecule has 40 heavy (non-hydrogen) atoms. The highest BCUT2D eigenvalue weighted by atomic mass is 32.2. The minimum atomic E-state index is -4.61.